The molecule has 2 fully saturated rings. The van der Waals surface area contributed by atoms with E-state index in [4.69, 9.17) is 21.1 Å². The molecule has 2 aliphatic heterocycles. The van der Waals surface area contributed by atoms with Crippen LogP contribution in [-0.4, -0.2) is 49.6 Å². The van der Waals surface area contributed by atoms with Gasteiger partial charge >= 0.3 is 0 Å². The zero-order valence-corrected chi connectivity index (χ0v) is 15.6. The molecule has 4 rings (SSSR count). The van der Waals surface area contributed by atoms with Crippen molar-refractivity contribution in [3.05, 3.63) is 22.7 Å². The average Bonchev–Trinajstić information content (AvgIpc) is 3.04. The number of ether oxygens (including phenoxy) is 2. The first-order chi connectivity index (χ1) is 12.5. The van der Waals surface area contributed by atoms with Crippen LogP contribution in [0.2, 0.25) is 5.02 Å². The number of fused-ring (bicyclic) bond motifs is 2. The summed E-state index contributed by atoms with van der Waals surface area (Å²) in [4.78, 5) is 26.2. The maximum atomic E-state index is 12.8. The number of piperidine rings is 1. The molecule has 7 heteroatoms. The van der Waals surface area contributed by atoms with Crippen LogP contribution in [0.4, 0.5) is 0 Å². The lowest BCUT2D eigenvalue weighted by Crippen LogP contribution is -2.38. The van der Waals surface area contributed by atoms with Crippen molar-refractivity contribution in [2.75, 3.05) is 26.8 Å². The topological polar surface area (TPSA) is 67.9 Å². The summed E-state index contributed by atoms with van der Waals surface area (Å²) in [6.45, 7) is 1.74. The van der Waals surface area contributed by atoms with E-state index in [2.05, 4.69) is 5.32 Å². The van der Waals surface area contributed by atoms with Gasteiger partial charge in [0.15, 0.2) is 11.5 Å². The second-order valence-corrected chi connectivity index (χ2v) is 7.83. The maximum Gasteiger partial charge on any atom is 0.227 e. The Balaban J connectivity index is 1.43. The van der Waals surface area contributed by atoms with E-state index >= 15 is 0 Å². The molecule has 0 radical (unpaired) electrons. The molecule has 1 saturated carbocycles. The molecule has 140 valence electrons. The Kier molecular flexibility index (Phi) is 4.69. The van der Waals surface area contributed by atoms with Gasteiger partial charge in [0.25, 0.3) is 0 Å². The van der Waals surface area contributed by atoms with Crippen LogP contribution >= 0.6 is 11.6 Å². The van der Waals surface area contributed by atoms with Crippen LogP contribution < -0.4 is 14.8 Å². The van der Waals surface area contributed by atoms with Gasteiger partial charge in [-0.1, -0.05) is 11.6 Å². The number of nitrogens with zero attached hydrogens (tertiary/aromatic N) is 1. The average molecular weight is 379 g/mol. The van der Waals surface area contributed by atoms with Crippen LogP contribution in [0, 0.1) is 11.8 Å². The molecule has 6 nitrogen and oxygen atoms in total. The third-order valence-electron chi connectivity index (χ3n) is 5.82. The molecule has 26 heavy (non-hydrogen) atoms. The molecule has 2 amide bonds. The lowest BCUT2D eigenvalue weighted by molar-refractivity contribution is -0.131. The Morgan fingerprint density at radius 2 is 1.92 bits per heavy atom. The van der Waals surface area contributed by atoms with Crippen molar-refractivity contribution in [2.24, 2.45) is 11.8 Å². The minimum Gasteiger partial charge on any atom is -0.486 e. The summed E-state index contributed by atoms with van der Waals surface area (Å²) >= 11 is 6.33. The van der Waals surface area contributed by atoms with Gasteiger partial charge in [-0.05, 0) is 36.3 Å². The molecule has 0 unspecified atom stereocenters. The van der Waals surface area contributed by atoms with Gasteiger partial charge in [-0.3, -0.25) is 9.59 Å². The number of carbonyl (C=O) groups is 2. The molecule has 1 aromatic rings. The first-order valence-corrected chi connectivity index (χ1v) is 9.49. The van der Waals surface area contributed by atoms with Crippen molar-refractivity contribution in [3.8, 4) is 11.5 Å². The molecule has 0 spiro atoms. The lowest BCUT2D eigenvalue weighted by atomic mass is 9.89. The smallest absolute Gasteiger partial charge is 0.227 e. The van der Waals surface area contributed by atoms with E-state index in [0.717, 1.165) is 24.9 Å². The van der Waals surface area contributed by atoms with Crippen LogP contribution in [0.25, 0.3) is 0 Å². The second-order valence-electron chi connectivity index (χ2n) is 7.42. The Labute approximate surface area is 157 Å². The van der Waals surface area contributed by atoms with Crippen LogP contribution in [0.15, 0.2) is 12.1 Å². The van der Waals surface area contributed by atoms with Gasteiger partial charge in [0.05, 0.1) is 6.42 Å². The van der Waals surface area contributed by atoms with Crippen LogP contribution in [0.5, 0.6) is 11.5 Å². The fourth-order valence-electron chi connectivity index (χ4n) is 4.28. The number of hydrogen-bond acceptors (Lipinski definition) is 4. The molecular formula is C19H23ClN2O4. The standard InChI is InChI=1S/C19H23ClN2O4/c1-22(14-4-11-7-18(23)21-10-13(11)5-14)19(24)8-12-6-16-17(9-15(12)20)26-3-2-25-16/h6,9,11,13-14H,2-5,7-8,10H2,1H3,(H,21,23)/t11-,13+,14-/m0/s1. The molecule has 0 aromatic heterocycles. The third kappa shape index (κ3) is 3.34. The highest BCUT2D eigenvalue weighted by molar-refractivity contribution is 6.31. The quantitative estimate of drug-likeness (QED) is 0.873. The molecule has 1 N–H and O–H groups in total. The number of rotatable bonds is 3. The van der Waals surface area contributed by atoms with Crippen LogP contribution in [0.1, 0.15) is 24.8 Å². The minimum absolute atomic E-state index is 0.0338. The van der Waals surface area contributed by atoms with Crippen LogP contribution in [0.3, 0.4) is 0 Å². The molecule has 3 atom stereocenters. The fourth-order valence-corrected chi connectivity index (χ4v) is 4.50. The minimum atomic E-state index is 0.0338. The number of hydrogen-bond donors (Lipinski definition) is 1. The third-order valence-corrected chi connectivity index (χ3v) is 6.17. The highest BCUT2D eigenvalue weighted by Gasteiger charge is 2.40. The molecule has 1 saturated heterocycles. The van der Waals surface area contributed by atoms with Gasteiger partial charge in [-0.25, -0.2) is 0 Å². The number of halogens is 1. The van der Waals surface area contributed by atoms with Crippen molar-refractivity contribution in [1.29, 1.82) is 0 Å². The van der Waals surface area contributed by atoms with Crippen molar-refractivity contribution in [2.45, 2.75) is 31.7 Å². The number of amides is 2. The van der Waals surface area contributed by atoms with E-state index in [-0.39, 0.29) is 24.3 Å². The van der Waals surface area contributed by atoms with E-state index in [1.165, 1.54) is 0 Å². The van der Waals surface area contributed by atoms with Gasteiger partial charge in [0.1, 0.15) is 13.2 Å². The predicted molar refractivity (Wildman–Crippen MR) is 96.5 cm³/mol. The summed E-state index contributed by atoms with van der Waals surface area (Å²) in [5.74, 6) is 2.30. The highest BCUT2D eigenvalue weighted by atomic mass is 35.5. The van der Waals surface area contributed by atoms with Gasteiger partial charge in [-0.15, -0.1) is 0 Å². The first-order valence-electron chi connectivity index (χ1n) is 9.11. The number of benzene rings is 1. The summed E-state index contributed by atoms with van der Waals surface area (Å²) in [5, 5.41) is 3.45. The summed E-state index contributed by atoms with van der Waals surface area (Å²) in [6.07, 6.45) is 2.66. The van der Waals surface area contributed by atoms with E-state index < -0.39 is 0 Å². The predicted octanol–water partition coefficient (Wildman–Crippen LogP) is 2.03. The Hall–Kier alpha value is -1.95. The zero-order valence-electron chi connectivity index (χ0n) is 14.8. The van der Waals surface area contributed by atoms with E-state index in [0.29, 0.717) is 48.0 Å². The van der Waals surface area contributed by atoms with Gasteiger partial charge in [0.2, 0.25) is 11.8 Å². The molecular weight excluding hydrogens is 356 g/mol. The van der Waals surface area contributed by atoms with Crippen molar-refractivity contribution in [1.82, 2.24) is 10.2 Å². The SMILES string of the molecule is CN(C(=O)Cc1cc2c(cc1Cl)OCCO2)[C@H]1C[C@H]2CC(=O)NC[C@H]2C1. The molecule has 2 heterocycles. The van der Waals surface area contributed by atoms with Gasteiger partial charge in [0, 0.05) is 37.1 Å². The molecule has 1 aliphatic carbocycles. The van der Waals surface area contributed by atoms with E-state index in [9.17, 15) is 9.59 Å². The lowest BCUT2D eigenvalue weighted by Gasteiger charge is -2.25. The molecule has 1 aromatic carbocycles. The number of likely N-dealkylation sites (N-methyl/N-ethyl adjacent to an activating group) is 1. The number of carbonyl (C=O) groups excluding carboxylic acids is 2. The number of nitrogens with one attached hydrogen (secondary N) is 1. The summed E-state index contributed by atoms with van der Waals surface area (Å²) in [7, 11) is 1.85. The second kappa shape index (κ2) is 6.99. The van der Waals surface area contributed by atoms with Gasteiger partial charge < -0.3 is 19.7 Å². The summed E-state index contributed by atoms with van der Waals surface area (Å²) in [5.41, 5.74) is 0.750. The Morgan fingerprint density at radius 3 is 2.69 bits per heavy atom. The molecule has 0 bridgehead atoms. The Bertz CT molecular complexity index is 738. The highest BCUT2D eigenvalue weighted by Crippen LogP contribution is 2.39. The zero-order chi connectivity index (χ0) is 18.3. The first kappa shape index (κ1) is 17.5. The summed E-state index contributed by atoms with van der Waals surface area (Å²) < 4.78 is 11.1. The molecule has 3 aliphatic rings. The summed E-state index contributed by atoms with van der Waals surface area (Å²) in [6, 6.07) is 3.71. The van der Waals surface area contributed by atoms with Crippen molar-refractivity contribution >= 4 is 23.4 Å². The van der Waals surface area contributed by atoms with E-state index in [1.54, 1.807) is 12.1 Å². The normalized spacial score (nSPS) is 26.8. The largest absolute Gasteiger partial charge is 0.486 e. The Morgan fingerprint density at radius 1 is 1.23 bits per heavy atom. The van der Waals surface area contributed by atoms with Crippen molar-refractivity contribution < 1.29 is 19.1 Å². The maximum absolute atomic E-state index is 12.8. The van der Waals surface area contributed by atoms with E-state index in [1.807, 2.05) is 11.9 Å². The fraction of sp³-hybridized carbons (Fsp3) is 0.579. The van der Waals surface area contributed by atoms with Crippen LogP contribution in [-0.2, 0) is 16.0 Å². The van der Waals surface area contributed by atoms with Gasteiger partial charge in [-0.2, -0.15) is 0 Å². The monoisotopic (exact) mass is 378 g/mol. The van der Waals surface area contributed by atoms with Crippen molar-refractivity contribution in [3.63, 3.8) is 0 Å².